The average molecular weight is 247 g/mol. The van der Waals surface area contributed by atoms with Gasteiger partial charge in [-0.15, -0.1) is 6.58 Å². The van der Waals surface area contributed by atoms with Crippen LogP contribution in [0.1, 0.15) is 50.8 Å². The van der Waals surface area contributed by atoms with Crippen LogP contribution in [0, 0.1) is 12.8 Å². The first kappa shape index (κ1) is 13.2. The van der Waals surface area contributed by atoms with Crippen LogP contribution < -0.4 is 5.32 Å². The van der Waals surface area contributed by atoms with E-state index in [1.165, 1.54) is 32.1 Å². The standard InChI is InChI=1S/C15H25N3/c1-4-10-16-15-17-12(3)11-18(15)14-9-7-6-8-13(14)5-2/h4,11,13-14H,1,5-10H2,2-3H3,(H,16,17). The molecule has 0 amide bonds. The van der Waals surface area contributed by atoms with E-state index in [1.807, 2.05) is 6.08 Å². The Bertz CT molecular complexity index is 394. The molecular weight excluding hydrogens is 222 g/mol. The minimum atomic E-state index is 0.622. The first-order valence-corrected chi connectivity index (χ1v) is 7.16. The van der Waals surface area contributed by atoms with Crippen LogP contribution in [-0.2, 0) is 0 Å². The zero-order valence-corrected chi connectivity index (χ0v) is 11.7. The summed E-state index contributed by atoms with van der Waals surface area (Å²) in [7, 11) is 0. The predicted octanol–water partition coefficient (Wildman–Crippen LogP) is 3.93. The van der Waals surface area contributed by atoms with Crippen LogP contribution in [0.15, 0.2) is 18.9 Å². The van der Waals surface area contributed by atoms with E-state index < -0.39 is 0 Å². The molecule has 2 rings (SSSR count). The maximum absolute atomic E-state index is 4.60. The van der Waals surface area contributed by atoms with E-state index in [9.17, 15) is 0 Å². The van der Waals surface area contributed by atoms with Crippen molar-refractivity contribution in [3.8, 4) is 0 Å². The zero-order valence-electron chi connectivity index (χ0n) is 11.7. The van der Waals surface area contributed by atoms with E-state index in [4.69, 9.17) is 0 Å². The van der Waals surface area contributed by atoms with Crippen LogP contribution in [0.4, 0.5) is 5.95 Å². The number of hydrogen-bond acceptors (Lipinski definition) is 2. The fourth-order valence-electron chi connectivity index (χ4n) is 3.09. The van der Waals surface area contributed by atoms with Gasteiger partial charge in [0.2, 0.25) is 5.95 Å². The number of imidazole rings is 1. The van der Waals surface area contributed by atoms with Gasteiger partial charge in [0.25, 0.3) is 0 Å². The maximum Gasteiger partial charge on any atom is 0.203 e. The molecule has 0 radical (unpaired) electrons. The highest BCUT2D eigenvalue weighted by Crippen LogP contribution is 2.37. The lowest BCUT2D eigenvalue weighted by Gasteiger charge is -2.32. The number of aryl methyl sites for hydroxylation is 1. The third-order valence-corrected chi connectivity index (χ3v) is 4.01. The molecule has 2 atom stereocenters. The highest BCUT2D eigenvalue weighted by molar-refractivity contribution is 5.30. The molecule has 0 bridgehead atoms. The molecule has 1 aliphatic rings. The molecular formula is C15H25N3. The fourth-order valence-corrected chi connectivity index (χ4v) is 3.09. The number of aromatic nitrogens is 2. The van der Waals surface area contributed by atoms with Crippen molar-refractivity contribution in [2.45, 2.75) is 52.0 Å². The zero-order chi connectivity index (χ0) is 13.0. The first-order chi connectivity index (χ1) is 8.76. The highest BCUT2D eigenvalue weighted by Gasteiger charge is 2.26. The van der Waals surface area contributed by atoms with E-state index in [2.05, 4.69) is 41.5 Å². The Kier molecular flexibility index (Phi) is 4.45. The molecule has 1 fully saturated rings. The van der Waals surface area contributed by atoms with Crippen LogP contribution in [-0.4, -0.2) is 16.1 Å². The van der Waals surface area contributed by atoms with Crippen LogP contribution >= 0.6 is 0 Å². The first-order valence-electron chi connectivity index (χ1n) is 7.16. The van der Waals surface area contributed by atoms with Crippen molar-refractivity contribution in [3.05, 3.63) is 24.5 Å². The van der Waals surface area contributed by atoms with Gasteiger partial charge in [-0.3, -0.25) is 0 Å². The van der Waals surface area contributed by atoms with E-state index in [0.29, 0.717) is 6.04 Å². The molecule has 1 aromatic rings. The Balaban J connectivity index is 2.21. The summed E-state index contributed by atoms with van der Waals surface area (Å²) in [6, 6.07) is 0.622. The van der Waals surface area contributed by atoms with Gasteiger partial charge >= 0.3 is 0 Å². The molecule has 1 heterocycles. The van der Waals surface area contributed by atoms with Crippen LogP contribution in [0.3, 0.4) is 0 Å². The Morgan fingerprint density at radius 1 is 1.50 bits per heavy atom. The van der Waals surface area contributed by atoms with Crippen molar-refractivity contribution in [2.75, 3.05) is 11.9 Å². The van der Waals surface area contributed by atoms with Gasteiger partial charge in [-0.2, -0.15) is 0 Å². The Morgan fingerprint density at radius 2 is 2.28 bits per heavy atom. The smallest absolute Gasteiger partial charge is 0.203 e. The second kappa shape index (κ2) is 6.07. The van der Waals surface area contributed by atoms with Gasteiger partial charge < -0.3 is 9.88 Å². The SMILES string of the molecule is C=CCNc1nc(C)cn1C1CCCCC1CC. The summed E-state index contributed by atoms with van der Waals surface area (Å²) in [5.74, 6) is 1.81. The van der Waals surface area contributed by atoms with Gasteiger partial charge in [-0.05, 0) is 25.7 Å². The van der Waals surface area contributed by atoms with Crippen molar-refractivity contribution in [2.24, 2.45) is 5.92 Å². The molecule has 0 aliphatic heterocycles. The van der Waals surface area contributed by atoms with Gasteiger partial charge in [0.1, 0.15) is 0 Å². The van der Waals surface area contributed by atoms with Gasteiger partial charge in [-0.1, -0.05) is 32.3 Å². The molecule has 1 N–H and O–H groups in total. The van der Waals surface area contributed by atoms with E-state index in [1.54, 1.807) is 0 Å². The molecule has 3 heteroatoms. The van der Waals surface area contributed by atoms with Crippen molar-refractivity contribution in [3.63, 3.8) is 0 Å². The summed E-state index contributed by atoms with van der Waals surface area (Å²) < 4.78 is 2.37. The number of anilines is 1. The van der Waals surface area contributed by atoms with Crippen molar-refractivity contribution >= 4 is 5.95 Å². The lowest BCUT2D eigenvalue weighted by atomic mass is 9.83. The molecule has 1 aliphatic carbocycles. The monoisotopic (exact) mass is 247 g/mol. The molecule has 0 saturated heterocycles. The molecule has 18 heavy (non-hydrogen) atoms. The summed E-state index contributed by atoms with van der Waals surface area (Å²) in [6.45, 7) is 8.91. The van der Waals surface area contributed by atoms with E-state index in [-0.39, 0.29) is 0 Å². The third-order valence-electron chi connectivity index (χ3n) is 4.01. The number of rotatable bonds is 5. The van der Waals surface area contributed by atoms with Crippen LogP contribution in [0.2, 0.25) is 0 Å². The maximum atomic E-state index is 4.60. The summed E-state index contributed by atoms with van der Waals surface area (Å²) in [6.07, 6.45) is 10.7. The highest BCUT2D eigenvalue weighted by atomic mass is 15.2. The molecule has 1 saturated carbocycles. The molecule has 100 valence electrons. The lowest BCUT2D eigenvalue weighted by Crippen LogP contribution is -2.23. The van der Waals surface area contributed by atoms with Crippen LogP contribution in [0.5, 0.6) is 0 Å². The normalized spacial score (nSPS) is 23.9. The second-order valence-corrected chi connectivity index (χ2v) is 5.30. The Labute approximate surface area is 110 Å². The summed E-state index contributed by atoms with van der Waals surface area (Å²) in [5, 5.41) is 3.36. The minimum absolute atomic E-state index is 0.622. The Morgan fingerprint density at radius 3 is 3.00 bits per heavy atom. The summed E-state index contributed by atoms with van der Waals surface area (Å²) in [4.78, 5) is 4.60. The quantitative estimate of drug-likeness (QED) is 0.799. The molecule has 0 aromatic carbocycles. The fraction of sp³-hybridized carbons (Fsp3) is 0.667. The molecule has 0 spiro atoms. The second-order valence-electron chi connectivity index (χ2n) is 5.30. The molecule has 3 nitrogen and oxygen atoms in total. The van der Waals surface area contributed by atoms with Crippen molar-refractivity contribution in [1.82, 2.24) is 9.55 Å². The number of nitrogens with zero attached hydrogens (tertiary/aromatic N) is 2. The van der Waals surface area contributed by atoms with Crippen molar-refractivity contribution in [1.29, 1.82) is 0 Å². The van der Waals surface area contributed by atoms with Gasteiger partial charge in [0.05, 0.1) is 5.69 Å². The molecule has 1 aromatic heterocycles. The van der Waals surface area contributed by atoms with Gasteiger partial charge in [-0.25, -0.2) is 4.98 Å². The van der Waals surface area contributed by atoms with Gasteiger partial charge in [0, 0.05) is 18.8 Å². The summed E-state index contributed by atoms with van der Waals surface area (Å²) >= 11 is 0. The van der Waals surface area contributed by atoms with Crippen molar-refractivity contribution < 1.29 is 0 Å². The largest absolute Gasteiger partial charge is 0.352 e. The third kappa shape index (κ3) is 2.77. The predicted molar refractivity (Wildman–Crippen MR) is 76.9 cm³/mol. The van der Waals surface area contributed by atoms with Crippen LogP contribution in [0.25, 0.3) is 0 Å². The van der Waals surface area contributed by atoms with Gasteiger partial charge in [0.15, 0.2) is 0 Å². The minimum Gasteiger partial charge on any atom is -0.352 e. The van der Waals surface area contributed by atoms with E-state index in [0.717, 1.165) is 24.1 Å². The Hall–Kier alpha value is -1.25. The summed E-state index contributed by atoms with van der Waals surface area (Å²) in [5.41, 5.74) is 1.10. The number of nitrogens with one attached hydrogen (secondary N) is 1. The van der Waals surface area contributed by atoms with E-state index >= 15 is 0 Å². The number of hydrogen-bond donors (Lipinski definition) is 1. The lowest BCUT2D eigenvalue weighted by molar-refractivity contribution is 0.234. The topological polar surface area (TPSA) is 29.9 Å². The average Bonchev–Trinajstić information content (AvgIpc) is 2.77. The molecule has 2 unspecified atom stereocenters.